The normalized spacial score (nSPS) is 11.4. The van der Waals surface area contributed by atoms with Crippen molar-refractivity contribution in [2.24, 2.45) is 0 Å². The highest BCUT2D eigenvalue weighted by atomic mass is 16.5. The van der Waals surface area contributed by atoms with E-state index in [-0.39, 0.29) is 0 Å². The van der Waals surface area contributed by atoms with Gasteiger partial charge in [-0.1, -0.05) is 36.4 Å². The molecule has 0 spiro atoms. The number of nitrogens with one attached hydrogen (secondary N) is 2. The molecule has 1 atom stereocenters. The van der Waals surface area contributed by atoms with E-state index in [9.17, 15) is 9.59 Å². The van der Waals surface area contributed by atoms with Crippen LogP contribution in [0.2, 0.25) is 0 Å². The number of benzene rings is 2. The fourth-order valence-electron chi connectivity index (χ4n) is 2.14. The monoisotopic (exact) mass is 314 g/mol. The van der Waals surface area contributed by atoms with Crippen molar-refractivity contribution in [1.29, 1.82) is 0 Å². The van der Waals surface area contributed by atoms with Crippen LogP contribution in [0.25, 0.3) is 0 Å². The zero-order valence-corrected chi connectivity index (χ0v) is 12.9. The minimum absolute atomic E-state index is 0.463. The second-order valence-corrected chi connectivity index (χ2v) is 4.96. The van der Waals surface area contributed by atoms with Crippen LogP contribution in [-0.4, -0.2) is 24.2 Å². The van der Waals surface area contributed by atoms with Gasteiger partial charge >= 0.3 is 6.09 Å². The van der Waals surface area contributed by atoms with Gasteiger partial charge in [0.2, 0.25) is 0 Å². The van der Waals surface area contributed by atoms with Crippen molar-refractivity contribution in [3.63, 3.8) is 0 Å². The summed E-state index contributed by atoms with van der Waals surface area (Å²) in [5.74, 6) is 0.142. The molecule has 2 aromatic carbocycles. The SMILES string of the molecule is COc1ccc(C)c(NC(=O)C(NC(=O)O)c2ccccc2)c1. The molecule has 0 fully saturated rings. The molecule has 6 heteroatoms. The van der Waals surface area contributed by atoms with Crippen LogP contribution < -0.4 is 15.4 Å². The summed E-state index contributed by atoms with van der Waals surface area (Å²) in [4.78, 5) is 23.5. The lowest BCUT2D eigenvalue weighted by atomic mass is 10.1. The predicted octanol–water partition coefficient (Wildman–Crippen LogP) is 2.95. The molecule has 2 rings (SSSR count). The van der Waals surface area contributed by atoms with Crippen LogP contribution in [0.1, 0.15) is 17.2 Å². The highest BCUT2D eigenvalue weighted by Crippen LogP contribution is 2.23. The van der Waals surface area contributed by atoms with Gasteiger partial charge in [-0.25, -0.2) is 4.79 Å². The number of rotatable bonds is 5. The second kappa shape index (κ2) is 7.31. The van der Waals surface area contributed by atoms with Crippen molar-refractivity contribution >= 4 is 17.7 Å². The van der Waals surface area contributed by atoms with E-state index in [1.54, 1.807) is 42.5 Å². The standard InChI is InChI=1S/C17H18N2O4/c1-11-8-9-13(23-2)10-14(11)18-16(20)15(19-17(21)22)12-6-4-3-5-7-12/h3-10,15,19H,1-2H3,(H,18,20)(H,21,22). The van der Waals surface area contributed by atoms with Gasteiger partial charge in [0.05, 0.1) is 7.11 Å². The molecule has 0 radical (unpaired) electrons. The molecule has 2 amide bonds. The van der Waals surface area contributed by atoms with Crippen LogP contribution in [0, 0.1) is 6.92 Å². The Balaban J connectivity index is 2.26. The first-order valence-electron chi connectivity index (χ1n) is 7.01. The summed E-state index contributed by atoms with van der Waals surface area (Å²) in [6, 6.07) is 13.0. The average Bonchev–Trinajstić information content (AvgIpc) is 2.55. The van der Waals surface area contributed by atoms with E-state index in [0.717, 1.165) is 5.56 Å². The first-order chi connectivity index (χ1) is 11.0. The van der Waals surface area contributed by atoms with Crippen LogP contribution >= 0.6 is 0 Å². The van der Waals surface area contributed by atoms with Gasteiger partial charge in [0.1, 0.15) is 11.8 Å². The highest BCUT2D eigenvalue weighted by Gasteiger charge is 2.23. The van der Waals surface area contributed by atoms with E-state index in [0.29, 0.717) is 17.0 Å². The number of carboxylic acid groups (broad SMARTS) is 1. The third-order valence-electron chi connectivity index (χ3n) is 3.37. The van der Waals surface area contributed by atoms with Gasteiger partial charge < -0.3 is 20.5 Å². The number of amides is 2. The Morgan fingerprint density at radius 3 is 2.43 bits per heavy atom. The molecule has 2 aromatic rings. The number of hydrogen-bond donors (Lipinski definition) is 3. The number of carbonyl (C=O) groups excluding carboxylic acids is 1. The third-order valence-corrected chi connectivity index (χ3v) is 3.37. The van der Waals surface area contributed by atoms with Crippen molar-refractivity contribution in [2.45, 2.75) is 13.0 Å². The van der Waals surface area contributed by atoms with Gasteiger partial charge in [0.15, 0.2) is 0 Å². The maximum Gasteiger partial charge on any atom is 0.405 e. The molecule has 0 bridgehead atoms. The van der Waals surface area contributed by atoms with Crippen LogP contribution in [0.3, 0.4) is 0 Å². The summed E-state index contributed by atoms with van der Waals surface area (Å²) in [5, 5.41) is 14.0. The molecule has 0 aliphatic carbocycles. The second-order valence-electron chi connectivity index (χ2n) is 4.96. The number of anilines is 1. The van der Waals surface area contributed by atoms with Gasteiger partial charge in [0, 0.05) is 11.8 Å². The number of hydrogen-bond acceptors (Lipinski definition) is 3. The summed E-state index contributed by atoms with van der Waals surface area (Å²) in [5.41, 5.74) is 1.98. The zero-order valence-electron chi connectivity index (χ0n) is 12.9. The Morgan fingerprint density at radius 1 is 1.13 bits per heavy atom. The van der Waals surface area contributed by atoms with Crippen molar-refractivity contribution in [2.75, 3.05) is 12.4 Å². The number of aryl methyl sites for hydroxylation is 1. The Kier molecular flexibility index (Phi) is 5.19. The number of carbonyl (C=O) groups is 2. The topological polar surface area (TPSA) is 87.7 Å². The van der Waals surface area contributed by atoms with Crippen molar-refractivity contribution in [3.8, 4) is 5.75 Å². The molecule has 6 nitrogen and oxygen atoms in total. The molecule has 0 aliphatic heterocycles. The van der Waals surface area contributed by atoms with Gasteiger partial charge in [-0.2, -0.15) is 0 Å². The zero-order chi connectivity index (χ0) is 16.8. The summed E-state index contributed by atoms with van der Waals surface area (Å²) < 4.78 is 5.14. The quantitative estimate of drug-likeness (QED) is 0.792. The van der Waals surface area contributed by atoms with E-state index in [2.05, 4.69) is 10.6 Å². The molecule has 0 heterocycles. The third kappa shape index (κ3) is 4.23. The van der Waals surface area contributed by atoms with Crippen LogP contribution in [0.15, 0.2) is 48.5 Å². The molecule has 120 valence electrons. The molecule has 0 saturated heterocycles. The Hall–Kier alpha value is -3.02. The van der Waals surface area contributed by atoms with Crippen LogP contribution in [0.5, 0.6) is 5.75 Å². The van der Waals surface area contributed by atoms with Crippen molar-refractivity contribution < 1.29 is 19.4 Å². The molecular formula is C17H18N2O4. The first-order valence-corrected chi connectivity index (χ1v) is 7.01. The highest BCUT2D eigenvalue weighted by molar-refractivity contribution is 5.97. The van der Waals surface area contributed by atoms with E-state index >= 15 is 0 Å². The fraction of sp³-hybridized carbons (Fsp3) is 0.176. The van der Waals surface area contributed by atoms with Gasteiger partial charge in [-0.3, -0.25) is 4.79 Å². The van der Waals surface area contributed by atoms with Gasteiger partial charge in [-0.15, -0.1) is 0 Å². The predicted molar refractivity (Wildman–Crippen MR) is 86.7 cm³/mol. The summed E-state index contributed by atoms with van der Waals surface area (Å²) >= 11 is 0. The lowest BCUT2D eigenvalue weighted by Crippen LogP contribution is -2.36. The first kappa shape index (κ1) is 16.4. The maximum atomic E-state index is 12.5. The van der Waals surface area contributed by atoms with E-state index < -0.39 is 18.0 Å². The van der Waals surface area contributed by atoms with Gasteiger partial charge in [0.25, 0.3) is 5.91 Å². The minimum Gasteiger partial charge on any atom is -0.497 e. The van der Waals surface area contributed by atoms with E-state index in [1.165, 1.54) is 7.11 Å². The molecule has 0 saturated carbocycles. The number of methoxy groups -OCH3 is 1. The van der Waals surface area contributed by atoms with E-state index in [1.807, 2.05) is 13.0 Å². The molecule has 1 unspecified atom stereocenters. The molecule has 0 aliphatic rings. The van der Waals surface area contributed by atoms with Crippen LogP contribution in [0.4, 0.5) is 10.5 Å². The summed E-state index contributed by atoms with van der Waals surface area (Å²) in [7, 11) is 1.54. The maximum absolute atomic E-state index is 12.5. The van der Waals surface area contributed by atoms with Crippen molar-refractivity contribution in [3.05, 3.63) is 59.7 Å². The Morgan fingerprint density at radius 2 is 1.83 bits per heavy atom. The summed E-state index contributed by atoms with van der Waals surface area (Å²) in [6.07, 6.45) is -1.27. The molecule has 0 aromatic heterocycles. The molecule has 3 N–H and O–H groups in total. The van der Waals surface area contributed by atoms with Crippen LogP contribution in [-0.2, 0) is 4.79 Å². The average molecular weight is 314 g/mol. The minimum atomic E-state index is -1.27. The Bertz CT molecular complexity index is 701. The lowest BCUT2D eigenvalue weighted by Gasteiger charge is -2.18. The number of ether oxygens (including phenoxy) is 1. The molecule has 23 heavy (non-hydrogen) atoms. The Labute approximate surface area is 134 Å². The van der Waals surface area contributed by atoms with Gasteiger partial charge in [-0.05, 0) is 24.1 Å². The smallest absolute Gasteiger partial charge is 0.405 e. The van der Waals surface area contributed by atoms with Crippen molar-refractivity contribution in [1.82, 2.24) is 5.32 Å². The molecular weight excluding hydrogens is 296 g/mol. The fourth-order valence-corrected chi connectivity index (χ4v) is 2.14. The lowest BCUT2D eigenvalue weighted by molar-refractivity contribution is -0.118. The largest absolute Gasteiger partial charge is 0.497 e. The summed E-state index contributed by atoms with van der Waals surface area (Å²) in [6.45, 7) is 1.84. The van der Waals surface area contributed by atoms with E-state index in [4.69, 9.17) is 9.84 Å².